The Morgan fingerprint density at radius 1 is 1.35 bits per heavy atom. The molecule has 0 aliphatic rings. The van der Waals surface area contributed by atoms with E-state index in [9.17, 15) is 4.39 Å². The molecule has 0 N–H and O–H groups in total. The Kier molecular flexibility index (Phi) is 3.79. The van der Waals surface area contributed by atoms with Crippen LogP contribution in [0.15, 0.2) is 28.8 Å². The first-order valence-corrected chi connectivity index (χ1v) is 6.01. The molecule has 0 saturated carbocycles. The van der Waals surface area contributed by atoms with Crippen LogP contribution in [0.25, 0.3) is 11.3 Å². The SMILES string of the molecule is Cc1cc(F)cc(-c2cnc(CCCCl)o2)c1. The van der Waals surface area contributed by atoms with Crippen LogP contribution in [-0.4, -0.2) is 10.9 Å². The van der Waals surface area contributed by atoms with Crippen LogP contribution in [0.4, 0.5) is 4.39 Å². The molecule has 2 rings (SSSR count). The summed E-state index contributed by atoms with van der Waals surface area (Å²) in [5, 5.41) is 0. The van der Waals surface area contributed by atoms with Gasteiger partial charge in [-0.2, -0.15) is 0 Å². The van der Waals surface area contributed by atoms with Gasteiger partial charge in [-0.15, -0.1) is 11.6 Å². The lowest BCUT2D eigenvalue weighted by atomic mass is 10.1. The molecular weight excluding hydrogens is 241 g/mol. The van der Waals surface area contributed by atoms with Crippen LogP contribution in [0.3, 0.4) is 0 Å². The second-order valence-corrected chi connectivity index (χ2v) is 4.31. The van der Waals surface area contributed by atoms with Crippen molar-refractivity contribution in [2.75, 3.05) is 5.88 Å². The highest BCUT2D eigenvalue weighted by Gasteiger charge is 2.07. The van der Waals surface area contributed by atoms with E-state index < -0.39 is 0 Å². The third-order valence-electron chi connectivity index (χ3n) is 2.40. The molecule has 0 spiro atoms. The lowest BCUT2D eigenvalue weighted by Crippen LogP contribution is -1.84. The van der Waals surface area contributed by atoms with Crippen molar-refractivity contribution in [3.05, 3.63) is 41.7 Å². The third-order valence-corrected chi connectivity index (χ3v) is 2.67. The predicted molar refractivity (Wildman–Crippen MR) is 65.7 cm³/mol. The van der Waals surface area contributed by atoms with E-state index in [0.717, 1.165) is 12.0 Å². The molecule has 0 unspecified atom stereocenters. The lowest BCUT2D eigenvalue weighted by molar-refractivity contribution is 0.503. The number of benzene rings is 1. The molecule has 4 heteroatoms. The summed E-state index contributed by atoms with van der Waals surface area (Å²) in [6.45, 7) is 1.84. The maximum absolute atomic E-state index is 13.2. The third kappa shape index (κ3) is 3.07. The van der Waals surface area contributed by atoms with Crippen molar-refractivity contribution in [3.63, 3.8) is 0 Å². The van der Waals surface area contributed by atoms with Crippen molar-refractivity contribution >= 4 is 11.6 Å². The van der Waals surface area contributed by atoms with E-state index in [2.05, 4.69) is 4.98 Å². The largest absolute Gasteiger partial charge is 0.441 e. The molecule has 2 nitrogen and oxygen atoms in total. The first kappa shape index (κ1) is 12.1. The monoisotopic (exact) mass is 253 g/mol. The molecule has 0 atom stereocenters. The highest BCUT2D eigenvalue weighted by atomic mass is 35.5. The zero-order chi connectivity index (χ0) is 12.3. The second-order valence-electron chi connectivity index (χ2n) is 3.93. The molecule has 2 aromatic rings. The summed E-state index contributed by atoms with van der Waals surface area (Å²) < 4.78 is 18.8. The van der Waals surface area contributed by atoms with Crippen molar-refractivity contribution in [2.24, 2.45) is 0 Å². The number of aromatic nitrogens is 1. The van der Waals surface area contributed by atoms with Gasteiger partial charge in [-0.25, -0.2) is 9.37 Å². The van der Waals surface area contributed by atoms with E-state index in [1.807, 2.05) is 13.0 Å². The number of hydrogen-bond donors (Lipinski definition) is 0. The van der Waals surface area contributed by atoms with Gasteiger partial charge in [0.15, 0.2) is 11.7 Å². The molecular formula is C13H13ClFNO. The standard InChI is InChI=1S/C13H13ClFNO/c1-9-5-10(7-11(15)6-9)12-8-16-13(17-12)3-2-4-14/h5-8H,2-4H2,1H3. The molecule has 0 saturated heterocycles. The van der Waals surface area contributed by atoms with Gasteiger partial charge in [-0.05, 0) is 37.1 Å². The summed E-state index contributed by atoms with van der Waals surface area (Å²) >= 11 is 5.60. The zero-order valence-electron chi connectivity index (χ0n) is 9.54. The highest BCUT2D eigenvalue weighted by Crippen LogP contribution is 2.23. The van der Waals surface area contributed by atoms with E-state index in [1.165, 1.54) is 12.1 Å². The Balaban J connectivity index is 2.24. The number of rotatable bonds is 4. The summed E-state index contributed by atoms with van der Waals surface area (Å²) in [6, 6.07) is 4.79. The van der Waals surface area contributed by atoms with E-state index >= 15 is 0 Å². The Hall–Kier alpha value is -1.35. The van der Waals surface area contributed by atoms with Gasteiger partial charge < -0.3 is 4.42 Å². The highest BCUT2D eigenvalue weighted by molar-refractivity contribution is 6.17. The van der Waals surface area contributed by atoms with Crippen molar-refractivity contribution in [1.82, 2.24) is 4.98 Å². The molecule has 0 bridgehead atoms. The van der Waals surface area contributed by atoms with Crippen molar-refractivity contribution in [1.29, 1.82) is 0 Å². The van der Waals surface area contributed by atoms with Gasteiger partial charge in [0.2, 0.25) is 0 Å². The fraction of sp³-hybridized carbons (Fsp3) is 0.308. The number of oxazole rings is 1. The van der Waals surface area contributed by atoms with E-state index in [0.29, 0.717) is 29.5 Å². The predicted octanol–water partition coefficient (Wildman–Crippen LogP) is 3.96. The molecule has 0 radical (unpaired) electrons. The van der Waals surface area contributed by atoms with Crippen LogP contribution in [0.2, 0.25) is 0 Å². The fourth-order valence-electron chi connectivity index (χ4n) is 1.66. The smallest absolute Gasteiger partial charge is 0.194 e. The van der Waals surface area contributed by atoms with Crippen LogP contribution in [0.1, 0.15) is 17.9 Å². The molecule has 0 aliphatic heterocycles. The zero-order valence-corrected chi connectivity index (χ0v) is 10.3. The molecule has 1 heterocycles. The topological polar surface area (TPSA) is 26.0 Å². The maximum Gasteiger partial charge on any atom is 0.194 e. The van der Waals surface area contributed by atoms with E-state index in [1.54, 1.807) is 6.20 Å². The number of alkyl halides is 1. The van der Waals surface area contributed by atoms with Gasteiger partial charge >= 0.3 is 0 Å². The van der Waals surface area contributed by atoms with Crippen LogP contribution >= 0.6 is 11.6 Å². The normalized spacial score (nSPS) is 10.8. The summed E-state index contributed by atoms with van der Waals surface area (Å²) in [5.41, 5.74) is 1.57. The number of nitrogens with zero attached hydrogens (tertiary/aromatic N) is 1. The van der Waals surface area contributed by atoms with E-state index in [4.69, 9.17) is 16.0 Å². The number of halogens is 2. The molecule has 0 amide bonds. The minimum Gasteiger partial charge on any atom is -0.441 e. The summed E-state index contributed by atoms with van der Waals surface area (Å²) in [4.78, 5) is 4.14. The maximum atomic E-state index is 13.2. The average Bonchev–Trinajstić information content (AvgIpc) is 2.73. The average molecular weight is 254 g/mol. The van der Waals surface area contributed by atoms with Gasteiger partial charge in [-0.1, -0.05) is 0 Å². The summed E-state index contributed by atoms with van der Waals surface area (Å²) in [5.74, 6) is 1.55. The van der Waals surface area contributed by atoms with Gasteiger partial charge in [0.1, 0.15) is 5.82 Å². The quantitative estimate of drug-likeness (QED) is 0.771. The summed E-state index contributed by atoms with van der Waals surface area (Å²) in [6.07, 6.45) is 3.15. The number of hydrogen-bond acceptors (Lipinski definition) is 2. The van der Waals surface area contributed by atoms with E-state index in [-0.39, 0.29) is 5.82 Å². The van der Waals surface area contributed by atoms with Gasteiger partial charge in [0.25, 0.3) is 0 Å². The molecule has 1 aromatic carbocycles. The molecule has 0 fully saturated rings. The molecule has 17 heavy (non-hydrogen) atoms. The lowest BCUT2D eigenvalue weighted by Gasteiger charge is -1.99. The Labute approximate surface area is 104 Å². The van der Waals surface area contributed by atoms with Crippen LogP contribution < -0.4 is 0 Å². The van der Waals surface area contributed by atoms with Crippen LogP contribution in [0.5, 0.6) is 0 Å². The first-order valence-electron chi connectivity index (χ1n) is 5.47. The first-order chi connectivity index (χ1) is 8.19. The summed E-state index contributed by atoms with van der Waals surface area (Å²) in [7, 11) is 0. The minimum absolute atomic E-state index is 0.265. The second kappa shape index (κ2) is 5.32. The molecule has 1 aromatic heterocycles. The van der Waals surface area contributed by atoms with Crippen LogP contribution in [-0.2, 0) is 6.42 Å². The van der Waals surface area contributed by atoms with Gasteiger partial charge in [0, 0.05) is 17.9 Å². The van der Waals surface area contributed by atoms with Crippen molar-refractivity contribution in [3.8, 4) is 11.3 Å². The van der Waals surface area contributed by atoms with Crippen LogP contribution in [0, 0.1) is 12.7 Å². The van der Waals surface area contributed by atoms with Crippen molar-refractivity contribution < 1.29 is 8.81 Å². The minimum atomic E-state index is -0.265. The molecule has 0 aliphatic carbocycles. The Morgan fingerprint density at radius 3 is 2.88 bits per heavy atom. The van der Waals surface area contributed by atoms with Gasteiger partial charge in [0.05, 0.1) is 6.20 Å². The number of aryl methyl sites for hydroxylation is 2. The molecule has 90 valence electrons. The Bertz CT molecular complexity index is 490. The Morgan fingerprint density at radius 2 is 2.18 bits per heavy atom. The van der Waals surface area contributed by atoms with Gasteiger partial charge in [-0.3, -0.25) is 0 Å². The fourth-order valence-corrected chi connectivity index (χ4v) is 1.79. The van der Waals surface area contributed by atoms with Crippen molar-refractivity contribution in [2.45, 2.75) is 19.8 Å².